The molecule has 0 saturated carbocycles. The van der Waals surface area contributed by atoms with Crippen LogP contribution in [0.15, 0.2) is 24.3 Å². The maximum atomic E-state index is 12.5. The normalized spacial score (nSPS) is 13.6. The largest absolute Gasteiger partial charge is 0.472 e. The number of hydrogen-bond donors (Lipinski definition) is 2. The van der Waals surface area contributed by atoms with Crippen LogP contribution < -0.4 is 5.73 Å². The van der Waals surface area contributed by atoms with E-state index in [-0.39, 0.29) is 32.6 Å². The van der Waals surface area contributed by atoms with E-state index in [0.29, 0.717) is 6.42 Å². The van der Waals surface area contributed by atoms with Gasteiger partial charge in [-0.3, -0.25) is 18.6 Å². The molecular weight excluding hydrogens is 653 g/mol. The maximum Gasteiger partial charge on any atom is 0.472 e. The standard InChI is InChI=1S/C40H76NO8P/c1-3-5-7-9-11-13-15-17-19-21-23-25-27-29-31-33-40(43)49-38(37-48-50(44,45)47-35-34-41)36-46-39(42)32-30-28-26-24-22-20-18-16-14-12-10-8-6-4-2/h9,11,16,18,38H,3-8,10,12-15,17,19-37,41H2,1-2H3,(H,44,45)/b11-9+,18-16+/t38-/m1/s1. The van der Waals surface area contributed by atoms with Crippen molar-refractivity contribution in [2.45, 2.75) is 193 Å². The Labute approximate surface area is 306 Å². The van der Waals surface area contributed by atoms with Gasteiger partial charge in [-0.05, 0) is 57.8 Å². The highest BCUT2D eigenvalue weighted by atomic mass is 31.2. The van der Waals surface area contributed by atoms with Crippen LogP contribution in [0.4, 0.5) is 0 Å². The molecule has 0 amide bonds. The first-order chi connectivity index (χ1) is 24.3. The summed E-state index contributed by atoms with van der Waals surface area (Å²) >= 11 is 0. The van der Waals surface area contributed by atoms with Crippen LogP contribution in [-0.4, -0.2) is 49.3 Å². The van der Waals surface area contributed by atoms with Gasteiger partial charge in [-0.15, -0.1) is 0 Å². The summed E-state index contributed by atoms with van der Waals surface area (Å²) in [6, 6.07) is 0. The van der Waals surface area contributed by atoms with E-state index in [1.165, 1.54) is 96.3 Å². The SMILES string of the molecule is CCCC/C=C/CCCCCCCCCCCC(=O)O[C@H](COC(=O)CCCCCCC/C=C/CCCCCCC)COP(=O)(O)OCCN. The van der Waals surface area contributed by atoms with Gasteiger partial charge >= 0.3 is 19.8 Å². The summed E-state index contributed by atoms with van der Waals surface area (Å²) in [5, 5.41) is 0. The lowest BCUT2D eigenvalue weighted by molar-refractivity contribution is -0.161. The number of carbonyl (C=O) groups is 2. The van der Waals surface area contributed by atoms with Gasteiger partial charge < -0.3 is 20.1 Å². The molecule has 3 N–H and O–H groups in total. The van der Waals surface area contributed by atoms with E-state index in [4.69, 9.17) is 24.3 Å². The van der Waals surface area contributed by atoms with E-state index in [9.17, 15) is 19.0 Å². The summed E-state index contributed by atoms with van der Waals surface area (Å²) in [4.78, 5) is 34.8. The molecule has 0 rings (SSSR count). The molecule has 0 aliphatic carbocycles. The minimum Gasteiger partial charge on any atom is -0.462 e. The zero-order valence-corrected chi connectivity index (χ0v) is 33.0. The van der Waals surface area contributed by atoms with Crippen LogP contribution in [0.3, 0.4) is 0 Å². The number of nitrogens with two attached hydrogens (primary N) is 1. The number of esters is 2. The Hall–Kier alpha value is -1.51. The highest BCUT2D eigenvalue weighted by molar-refractivity contribution is 7.47. The van der Waals surface area contributed by atoms with Crippen molar-refractivity contribution in [1.29, 1.82) is 0 Å². The Morgan fingerprint density at radius 2 is 1.00 bits per heavy atom. The van der Waals surface area contributed by atoms with Gasteiger partial charge in [-0.1, -0.05) is 141 Å². The monoisotopic (exact) mass is 730 g/mol. The molecule has 0 aromatic heterocycles. The van der Waals surface area contributed by atoms with Crippen molar-refractivity contribution in [1.82, 2.24) is 0 Å². The topological polar surface area (TPSA) is 134 Å². The number of hydrogen-bond acceptors (Lipinski definition) is 8. The Bertz CT molecular complexity index is 881. The van der Waals surface area contributed by atoms with Crippen molar-refractivity contribution < 1.29 is 37.6 Å². The van der Waals surface area contributed by atoms with Gasteiger partial charge in [0.2, 0.25) is 0 Å². The lowest BCUT2D eigenvalue weighted by Crippen LogP contribution is -2.29. The molecule has 9 nitrogen and oxygen atoms in total. The molecule has 0 saturated heterocycles. The molecule has 0 bridgehead atoms. The minimum absolute atomic E-state index is 0.0529. The Balaban J connectivity index is 4.19. The number of rotatable bonds is 38. The van der Waals surface area contributed by atoms with E-state index >= 15 is 0 Å². The first-order valence-corrected chi connectivity index (χ1v) is 21.8. The van der Waals surface area contributed by atoms with Crippen molar-refractivity contribution >= 4 is 19.8 Å². The van der Waals surface area contributed by atoms with Gasteiger partial charge in [0, 0.05) is 19.4 Å². The fraction of sp³-hybridized carbons (Fsp3) is 0.850. The third-order valence-corrected chi connectivity index (χ3v) is 9.54. The Kier molecular flexibility index (Phi) is 36.1. The molecular formula is C40H76NO8P. The Morgan fingerprint density at radius 1 is 0.580 bits per heavy atom. The van der Waals surface area contributed by atoms with Gasteiger partial charge in [-0.25, -0.2) is 4.57 Å². The van der Waals surface area contributed by atoms with Gasteiger partial charge in [0.05, 0.1) is 13.2 Å². The average Bonchev–Trinajstić information content (AvgIpc) is 3.10. The summed E-state index contributed by atoms with van der Waals surface area (Å²) < 4.78 is 32.7. The second kappa shape index (κ2) is 37.3. The predicted octanol–water partition coefficient (Wildman–Crippen LogP) is 11.2. The van der Waals surface area contributed by atoms with Crippen molar-refractivity contribution in [3.05, 3.63) is 24.3 Å². The molecule has 0 aliphatic heterocycles. The first kappa shape index (κ1) is 48.5. The molecule has 0 heterocycles. The highest BCUT2D eigenvalue weighted by Gasteiger charge is 2.26. The van der Waals surface area contributed by atoms with Gasteiger partial charge in [0.1, 0.15) is 6.61 Å². The molecule has 0 aromatic rings. The highest BCUT2D eigenvalue weighted by Crippen LogP contribution is 2.43. The Morgan fingerprint density at radius 3 is 1.48 bits per heavy atom. The van der Waals surface area contributed by atoms with E-state index in [2.05, 4.69) is 38.2 Å². The van der Waals surface area contributed by atoms with Crippen LogP contribution in [-0.2, 0) is 32.7 Å². The smallest absolute Gasteiger partial charge is 0.462 e. The van der Waals surface area contributed by atoms with Gasteiger partial charge in [0.15, 0.2) is 6.10 Å². The van der Waals surface area contributed by atoms with Crippen LogP contribution in [0.25, 0.3) is 0 Å². The zero-order valence-electron chi connectivity index (χ0n) is 32.1. The van der Waals surface area contributed by atoms with Crippen LogP contribution in [0.2, 0.25) is 0 Å². The average molecular weight is 730 g/mol. The number of carbonyl (C=O) groups excluding carboxylic acids is 2. The molecule has 10 heteroatoms. The van der Waals surface area contributed by atoms with E-state index < -0.39 is 32.5 Å². The van der Waals surface area contributed by atoms with E-state index in [1.54, 1.807) is 0 Å². The van der Waals surface area contributed by atoms with Crippen LogP contribution in [0.5, 0.6) is 0 Å². The first-order valence-electron chi connectivity index (χ1n) is 20.3. The third-order valence-electron chi connectivity index (χ3n) is 8.56. The second-order valence-electron chi connectivity index (χ2n) is 13.5. The van der Waals surface area contributed by atoms with E-state index in [0.717, 1.165) is 57.8 Å². The summed E-state index contributed by atoms with van der Waals surface area (Å²) in [5.41, 5.74) is 5.34. The number of allylic oxidation sites excluding steroid dienone is 4. The maximum absolute atomic E-state index is 12.5. The number of phosphoric ester groups is 1. The van der Waals surface area contributed by atoms with Crippen LogP contribution in [0, 0.1) is 0 Å². The lowest BCUT2D eigenvalue weighted by Gasteiger charge is -2.19. The molecule has 0 aliphatic rings. The minimum atomic E-state index is -4.37. The molecule has 0 radical (unpaired) electrons. The second-order valence-corrected chi connectivity index (χ2v) is 14.9. The fourth-order valence-corrected chi connectivity index (χ4v) is 6.26. The summed E-state index contributed by atoms with van der Waals surface area (Å²) in [6.07, 6.45) is 37.7. The quantitative estimate of drug-likeness (QED) is 0.0275. The van der Waals surface area contributed by atoms with Crippen molar-refractivity contribution in [3.63, 3.8) is 0 Å². The third kappa shape index (κ3) is 36.3. The molecule has 294 valence electrons. The molecule has 1 unspecified atom stereocenters. The summed E-state index contributed by atoms with van der Waals surface area (Å²) in [6.45, 7) is 3.68. The fourth-order valence-electron chi connectivity index (χ4n) is 5.49. The molecule has 0 aromatic carbocycles. The number of ether oxygens (including phenoxy) is 2. The van der Waals surface area contributed by atoms with Crippen LogP contribution >= 0.6 is 7.82 Å². The molecule has 2 atom stereocenters. The number of phosphoric acid groups is 1. The lowest BCUT2D eigenvalue weighted by atomic mass is 10.1. The molecule has 50 heavy (non-hydrogen) atoms. The molecule has 0 fully saturated rings. The van der Waals surface area contributed by atoms with Gasteiger partial charge in [-0.2, -0.15) is 0 Å². The number of unbranched alkanes of at least 4 members (excludes halogenated alkanes) is 21. The van der Waals surface area contributed by atoms with Gasteiger partial charge in [0.25, 0.3) is 0 Å². The predicted molar refractivity (Wildman–Crippen MR) is 206 cm³/mol. The van der Waals surface area contributed by atoms with Crippen molar-refractivity contribution in [2.75, 3.05) is 26.4 Å². The van der Waals surface area contributed by atoms with Crippen molar-refractivity contribution in [3.8, 4) is 0 Å². The summed E-state index contributed by atoms with van der Waals surface area (Å²) in [5.74, 6) is -0.838. The van der Waals surface area contributed by atoms with E-state index in [1.807, 2.05) is 0 Å². The van der Waals surface area contributed by atoms with Crippen molar-refractivity contribution in [2.24, 2.45) is 5.73 Å². The molecule has 0 spiro atoms. The van der Waals surface area contributed by atoms with Crippen LogP contribution in [0.1, 0.15) is 187 Å². The summed E-state index contributed by atoms with van der Waals surface area (Å²) in [7, 11) is -4.37. The zero-order chi connectivity index (χ0) is 36.8.